The summed E-state index contributed by atoms with van der Waals surface area (Å²) >= 11 is 0. The first-order chi connectivity index (χ1) is 9.40. The van der Waals surface area contributed by atoms with Gasteiger partial charge in [0.25, 0.3) is 0 Å². The highest BCUT2D eigenvalue weighted by molar-refractivity contribution is 5.75. The van der Waals surface area contributed by atoms with E-state index in [1.165, 1.54) is 12.5 Å². The lowest BCUT2D eigenvalue weighted by atomic mass is 10.0. The fourth-order valence-electron chi connectivity index (χ4n) is 1.98. The van der Waals surface area contributed by atoms with Crippen molar-refractivity contribution in [3.05, 3.63) is 23.0 Å². The molecule has 116 valence electrons. The summed E-state index contributed by atoms with van der Waals surface area (Å²) in [6.07, 6.45) is 5.49. The third-order valence-corrected chi connectivity index (χ3v) is 2.91. The van der Waals surface area contributed by atoms with Crippen molar-refractivity contribution in [2.45, 2.75) is 66.3 Å². The lowest BCUT2D eigenvalue weighted by molar-refractivity contribution is -0.118. The molecule has 0 atom stereocenters. The minimum atomic E-state index is -0.0396. The molecule has 4 heteroatoms. The second-order valence-corrected chi connectivity index (χ2v) is 5.33. The van der Waals surface area contributed by atoms with E-state index in [0.717, 1.165) is 37.1 Å². The molecule has 20 heavy (non-hydrogen) atoms. The van der Waals surface area contributed by atoms with Gasteiger partial charge in [-0.3, -0.25) is 4.79 Å². The molecule has 0 bridgehead atoms. The number of hydrogen-bond donors (Lipinski definition) is 3. The normalized spacial score (nSPS) is 13.2. The molecule has 0 aliphatic carbocycles. The lowest BCUT2D eigenvalue weighted by Gasteiger charge is -2.16. The Hall–Kier alpha value is -1.29. The predicted molar refractivity (Wildman–Crippen MR) is 84.1 cm³/mol. The SMILES string of the molecule is CC/C(=C\C(CCCCO)=C(/C)NC(C)C)NC(C)=O. The van der Waals surface area contributed by atoms with Crippen LogP contribution in [0.25, 0.3) is 0 Å². The number of carbonyl (C=O) groups excluding carboxylic acids is 1. The van der Waals surface area contributed by atoms with Gasteiger partial charge in [0, 0.05) is 31.0 Å². The summed E-state index contributed by atoms with van der Waals surface area (Å²) in [5.41, 5.74) is 3.26. The van der Waals surface area contributed by atoms with E-state index >= 15 is 0 Å². The van der Waals surface area contributed by atoms with Crippen molar-refractivity contribution in [2.75, 3.05) is 6.61 Å². The van der Waals surface area contributed by atoms with Crippen molar-refractivity contribution in [2.24, 2.45) is 0 Å². The maximum atomic E-state index is 11.2. The van der Waals surface area contributed by atoms with Crippen LogP contribution in [-0.2, 0) is 4.79 Å². The maximum Gasteiger partial charge on any atom is 0.220 e. The van der Waals surface area contributed by atoms with Gasteiger partial charge in [-0.2, -0.15) is 0 Å². The Balaban J connectivity index is 5.07. The number of aliphatic hydroxyl groups is 1. The van der Waals surface area contributed by atoms with Crippen molar-refractivity contribution >= 4 is 5.91 Å². The number of aliphatic hydroxyl groups excluding tert-OH is 1. The van der Waals surface area contributed by atoms with Gasteiger partial charge < -0.3 is 15.7 Å². The number of unbranched alkanes of at least 4 members (excludes halogenated alkanes) is 1. The smallest absolute Gasteiger partial charge is 0.220 e. The molecule has 0 aliphatic heterocycles. The molecule has 0 aromatic rings. The van der Waals surface area contributed by atoms with Crippen LogP contribution in [-0.4, -0.2) is 23.7 Å². The van der Waals surface area contributed by atoms with Gasteiger partial charge in [0.1, 0.15) is 0 Å². The molecule has 0 unspecified atom stereocenters. The Labute approximate surface area is 123 Å². The highest BCUT2D eigenvalue weighted by Gasteiger charge is 2.05. The van der Waals surface area contributed by atoms with Gasteiger partial charge in [-0.05, 0) is 58.1 Å². The highest BCUT2D eigenvalue weighted by Crippen LogP contribution is 2.16. The second-order valence-electron chi connectivity index (χ2n) is 5.33. The van der Waals surface area contributed by atoms with Gasteiger partial charge in [0.2, 0.25) is 5.91 Å². The van der Waals surface area contributed by atoms with E-state index in [0.29, 0.717) is 6.04 Å². The first-order valence-electron chi connectivity index (χ1n) is 7.46. The molecule has 0 aromatic heterocycles. The van der Waals surface area contributed by atoms with E-state index in [9.17, 15) is 4.79 Å². The largest absolute Gasteiger partial charge is 0.396 e. The average Bonchev–Trinajstić information content (AvgIpc) is 2.35. The zero-order valence-electron chi connectivity index (χ0n) is 13.5. The van der Waals surface area contributed by atoms with Gasteiger partial charge in [0.05, 0.1) is 0 Å². The average molecular weight is 282 g/mol. The third kappa shape index (κ3) is 8.75. The molecule has 3 N–H and O–H groups in total. The van der Waals surface area contributed by atoms with Crippen molar-refractivity contribution < 1.29 is 9.90 Å². The first kappa shape index (κ1) is 18.7. The Morgan fingerprint density at radius 3 is 2.35 bits per heavy atom. The molecular formula is C16H30N2O2. The molecule has 0 aliphatic rings. The summed E-state index contributed by atoms with van der Waals surface area (Å²) in [5, 5.41) is 15.2. The summed E-state index contributed by atoms with van der Waals surface area (Å²) in [6.45, 7) is 10.0. The molecular weight excluding hydrogens is 252 g/mol. The third-order valence-electron chi connectivity index (χ3n) is 2.91. The maximum absolute atomic E-state index is 11.2. The molecule has 0 radical (unpaired) electrons. The Bertz CT molecular complexity index is 357. The number of hydrogen-bond acceptors (Lipinski definition) is 3. The number of rotatable bonds is 9. The molecule has 0 saturated heterocycles. The quantitative estimate of drug-likeness (QED) is 0.450. The Morgan fingerprint density at radius 2 is 1.90 bits per heavy atom. The van der Waals surface area contributed by atoms with Gasteiger partial charge in [-0.15, -0.1) is 0 Å². The number of nitrogens with one attached hydrogen (secondary N) is 2. The van der Waals surface area contributed by atoms with E-state index in [2.05, 4.69) is 37.5 Å². The van der Waals surface area contributed by atoms with E-state index in [4.69, 9.17) is 5.11 Å². The second kappa shape index (κ2) is 10.5. The van der Waals surface area contributed by atoms with Crippen LogP contribution in [0, 0.1) is 0 Å². The van der Waals surface area contributed by atoms with Crippen LogP contribution in [0.4, 0.5) is 0 Å². The van der Waals surface area contributed by atoms with Crippen LogP contribution in [0.15, 0.2) is 23.0 Å². The Morgan fingerprint density at radius 1 is 1.25 bits per heavy atom. The zero-order chi connectivity index (χ0) is 15.5. The lowest BCUT2D eigenvalue weighted by Crippen LogP contribution is -2.22. The molecule has 0 spiro atoms. The van der Waals surface area contributed by atoms with E-state index in [1.807, 2.05) is 6.92 Å². The standard InChI is InChI=1S/C16H30N2O2/c1-6-16(18-14(5)20)11-15(9-7-8-10-19)13(4)17-12(2)3/h11-12,17,19H,6-10H2,1-5H3,(H,18,20)/b15-13+,16-11+. The summed E-state index contributed by atoms with van der Waals surface area (Å²) in [4.78, 5) is 11.2. The van der Waals surface area contributed by atoms with Gasteiger partial charge in [0.15, 0.2) is 0 Å². The number of carbonyl (C=O) groups is 1. The predicted octanol–water partition coefficient (Wildman–Crippen LogP) is 2.85. The fraction of sp³-hybridized carbons (Fsp3) is 0.688. The van der Waals surface area contributed by atoms with Crippen molar-refractivity contribution in [1.29, 1.82) is 0 Å². The molecule has 4 nitrogen and oxygen atoms in total. The van der Waals surface area contributed by atoms with Crippen LogP contribution in [0.2, 0.25) is 0 Å². The van der Waals surface area contributed by atoms with E-state index in [1.54, 1.807) is 0 Å². The zero-order valence-corrected chi connectivity index (χ0v) is 13.5. The van der Waals surface area contributed by atoms with Crippen LogP contribution >= 0.6 is 0 Å². The summed E-state index contributed by atoms with van der Waals surface area (Å²) in [6, 6.07) is 0.377. The van der Waals surface area contributed by atoms with Gasteiger partial charge >= 0.3 is 0 Å². The minimum absolute atomic E-state index is 0.0396. The number of allylic oxidation sites excluding steroid dienone is 4. The van der Waals surface area contributed by atoms with E-state index in [-0.39, 0.29) is 12.5 Å². The molecule has 0 fully saturated rings. The topological polar surface area (TPSA) is 61.4 Å². The highest BCUT2D eigenvalue weighted by atomic mass is 16.2. The monoisotopic (exact) mass is 282 g/mol. The van der Waals surface area contributed by atoms with E-state index < -0.39 is 0 Å². The minimum Gasteiger partial charge on any atom is -0.396 e. The molecule has 0 rings (SSSR count). The number of amides is 1. The molecule has 1 amide bonds. The summed E-state index contributed by atoms with van der Waals surface area (Å²) in [7, 11) is 0. The first-order valence-corrected chi connectivity index (χ1v) is 7.46. The molecule has 0 heterocycles. The summed E-state index contributed by atoms with van der Waals surface area (Å²) in [5.74, 6) is -0.0396. The van der Waals surface area contributed by atoms with Crippen LogP contribution in [0.1, 0.15) is 60.3 Å². The summed E-state index contributed by atoms with van der Waals surface area (Å²) < 4.78 is 0. The van der Waals surface area contributed by atoms with Crippen LogP contribution in [0.5, 0.6) is 0 Å². The van der Waals surface area contributed by atoms with Crippen molar-refractivity contribution in [1.82, 2.24) is 10.6 Å². The van der Waals surface area contributed by atoms with Gasteiger partial charge in [-0.1, -0.05) is 6.92 Å². The van der Waals surface area contributed by atoms with Crippen LogP contribution in [0.3, 0.4) is 0 Å². The Kier molecular flexibility index (Phi) is 9.82. The molecule has 0 aromatic carbocycles. The van der Waals surface area contributed by atoms with Crippen LogP contribution < -0.4 is 10.6 Å². The fourth-order valence-corrected chi connectivity index (χ4v) is 1.98. The van der Waals surface area contributed by atoms with Gasteiger partial charge in [-0.25, -0.2) is 0 Å². The van der Waals surface area contributed by atoms with Crippen molar-refractivity contribution in [3.8, 4) is 0 Å². The van der Waals surface area contributed by atoms with Crippen molar-refractivity contribution in [3.63, 3.8) is 0 Å². The molecule has 0 saturated carbocycles.